The van der Waals surface area contributed by atoms with Crippen LogP contribution in [0.5, 0.6) is 0 Å². The van der Waals surface area contributed by atoms with Crippen LogP contribution in [0.15, 0.2) is 18.2 Å². The van der Waals surface area contributed by atoms with E-state index in [-0.39, 0.29) is 23.4 Å². The summed E-state index contributed by atoms with van der Waals surface area (Å²) >= 11 is 0. The van der Waals surface area contributed by atoms with Crippen LogP contribution in [-0.2, 0) is 9.53 Å². The van der Waals surface area contributed by atoms with Crippen LogP contribution < -0.4 is 4.90 Å². The van der Waals surface area contributed by atoms with Gasteiger partial charge in [-0.15, -0.1) is 0 Å². The van der Waals surface area contributed by atoms with Crippen molar-refractivity contribution in [1.82, 2.24) is 4.90 Å². The zero-order chi connectivity index (χ0) is 19.9. The van der Waals surface area contributed by atoms with Crippen molar-refractivity contribution >= 4 is 17.7 Å². The minimum atomic E-state index is -0.810. The number of ether oxygens (including phenoxy) is 1. The summed E-state index contributed by atoms with van der Waals surface area (Å²) in [5.74, 6) is -1.60. The average molecular weight is 380 g/mol. The molecule has 0 N–H and O–H groups in total. The SMILES string of the molecule is CN(C(=O)[C@@H]1[C@H]2CCC[C@H]2CN1C(=O)OC(C)(C)C)c1ccc(F)cc1F. The molecular weight excluding hydrogens is 354 g/mol. The summed E-state index contributed by atoms with van der Waals surface area (Å²) in [6.07, 6.45) is 2.29. The van der Waals surface area contributed by atoms with E-state index in [0.717, 1.165) is 31.4 Å². The van der Waals surface area contributed by atoms with E-state index in [9.17, 15) is 18.4 Å². The van der Waals surface area contributed by atoms with Crippen LogP contribution in [0.1, 0.15) is 40.0 Å². The number of rotatable bonds is 2. The molecular formula is C20H26F2N2O3. The molecule has 0 radical (unpaired) electrons. The van der Waals surface area contributed by atoms with Crippen LogP contribution in [0.3, 0.4) is 0 Å². The van der Waals surface area contributed by atoms with Gasteiger partial charge in [0.05, 0.1) is 5.69 Å². The molecule has 1 aromatic rings. The molecule has 3 atom stereocenters. The Hall–Kier alpha value is -2.18. The first-order valence-corrected chi connectivity index (χ1v) is 9.31. The highest BCUT2D eigenvalue weighted by Gasteiger charge is 2.51. The highest BCUT2D eigenvalue weighted by atomic mass is 19.1. The number of carbonyl (C=O) groups excluding carboxylic acids is 2. The number of fused-ring (bicyclic) bond motifs is 1. The Morgan fingerprint density at radius 3 is 2.56 bits per heavy atom. The van der Waals surface area contributed by atoms with Crippen LogP contribution in [0.2, 0.25) is 0 Å². The molecule has 0 aromatic heterocycles. The van der Waals surface area contributed by atoms with Crippen LogP contribution in [0, 0.1) is 23.5 Å². The van der Waals surface area contributed by atoms with Gasteiger partial charge < -0.3 is 9.64 Å². The molecule has 1 heterocycles. The van der Waals surface area contributed by atoms with Crippen molar-refractivity contribution in [3.8, 4) is 0 Å². The maximum atomic E-state index is 14.2. The molecule has 3 rings (SSSR count). The fraction of sp³-hybridized carbons (Fsp3) is 0.600. The summed E-state index contributed by atoms with van der Waals surface area (Å²) < 4.78 is 32.8. The third kappa shape index (κ3) is 3.92. The summed E-state index contributed by atoms with van der Waals surface area (Å²) in [5, 5.41) is 0. The van der Waals surface area contributed by atoms with E-state index in [0.29, 0.717) is 6.54 Å². The Morgan fingerprint density at radius 2 is 1.93 bits per heavy atom. The lowest BCUT2D eigenvalue weighted by atomic mass is 9.93. The molecule has 0 unspecified atom stereocenters. The van der Waals surface area contributed by atoms with Gasteiger partial charge in [0.15, 0.2) is 0 Å². The molecule has 5 nitrogen and oxygen atoms in total. The second kappa shape index (κ2) is 7.09. The lowest BCUT2D eigenvalue weighted by Crippen LogP contribution is -2.50. The lowest BCUT2D eigenvalue weighted by Gasteiger charge is -2.32. The van der Waals surface area contributed by atoms with E-state index in [4.69, 9.17) is 4.74 Å². The van der Waals surface area contributed by atoms with Gasteiger partial charge in [-0.1, -0.05) is 6.42 Å². The van der Waals surface area contributed by atoms with Gasteiger partial charge in [-0.2, -0.15) is 0 Å². The van der Waals surface area contributed by atoms with Crippen molar-refractivity contribution in [2.45, 2.75) is 51.7 Å². The van der Waals surface area contributed by atoms with Crippen molar-refractivity contribution < 1.29 is 23.1 Å². The molecule has 1 saturated carbocycles. The molecule has 1 saturated heterocycles. The molecule has 2 aliphatic rings. The lowest BCUT2D eigenvalue weighted by molar-refractivity contribution is -0.123. The van der Waals surface area contributed by atoms with E-state index >= 15 is 0 Å². The number of amides is 2. The molecule has 7 heteroatoms. The molecule has 148 valence electrons. The first-order valence-electron chi connectivity index (χ1n) is 9.31. The summed E-state index contributed by atoms with van der Waals surface area (Å²) in [6, 6.07) is 2.40. The van der Waals surface area contributed by atoms with Gasteiger partial charge in [-0.3, -0.25) is 9.69 Å². The summed E-state index contributed by atoms with van der Waals surface area (Å²) in [6.45, 7) is 5.80. The van der Waals surface area contributed by atoms with Crippen LogP contribution >= 0.6 is 0 Å². The summed E-state index contributed by atoms with van der Waals surface area (Å²) in [7, 11) is 1.45. The normalized spacial score (nSPS) is 24.7. The smallest absolute Gasteiger partial charge is 0.410 e. The van der Waals surface area contributed by atoms with E-state index in [1.807, 2.05) is 0 Å². The third-order valence-corrected chi connectivity index (χ3v) is 5.37. The molecule has 2 fully saturated rings. The van der Waals surface area contributed by atoms with Crippen LogP contribution in [0.25, 0.3) is 0 Å². The zero-order valence-electron chi connectivity index (χ0n) is 16.2. The van der Waals surface area contributed by atoms with Gasteiger partial charge in [-0.25, -0.2) is 13.6 Å². The molecule has 27 heavy (non-hydrogen) atoms. The molecule has 2 amide bonds. The molecule has 1 aliphatic heterocycles. The predicted octanol–water partition coefficient (Wildman–Crippen LogP) is 3.96. The number of halogens is 2. The topological polar surface area (TPSA) is 49.9 Å². The number of benzene rings is 1. The quantitative estimate of drug-likeness (QED) is 0.780. The van der Waals surface area contributed by atoms with Gasteiger partial charge in [0.25, 0.3) is 0 Å². The molecule has 0 bridgehead atoms. The number of hydrogen-bond acceptors (Lipinski definition) is 3. The minimum Gasteiger partial charge on any atom is -0.444 e. The fourth-order valence-electron chi connectivity index (χ4n) is 4.20. The van der Waals surface area contributed by atoms with E-state index < -0.39 is 29.4 Å². The number of anilines is 1. The van der Waals surface area contributed by atoms with Crippen LogP contribution in [-0.4, -0.2) is 42.1 Å². The largest absolute Gasteiger partial charge is 0.444 e. The van der Waals surface area contributed by atoms with Crippen molar-refractivity contribution in [3.05, 3.63) is 29.8 Å². The Labute approximate surface area is 158 Å². The van der Waals surface area contributed by atoms with Crippen LogP contribution in [0.4, 0.5) is 19.3 Å². The maximum Gasteiger partial charge on any atom is 0.410 e. The second-order valence-corrected chi connectivity index (χ2v) is 8.43. The summed E-state index contributed by atoms with van der Waals surface area (Å²) in [5.41, 5.74) is -0.677. The van der Waals surface area contributed by atoms with Gasteiger partial charge in [0.2, 0.25) is 5.91 Å². The molecule has 1 aliphatic carbocycles. The van der Waals surface area contributed by atoms with Crippen molar-refractivity contribution in [3.63, 3.8) is 0 Å². The summed E-state index contributed by atoms with van der Waals surface area (Å²) in [4.78, 5) is 28.6. The minimum absolute atomic E-state index is 0.00742. The predicted molar refractivity (Wildman–Crippen MR) is 97.3 cm³/mol. The monoisotopic (exact) mass is 380 g/mol. The van der Waals surface area contributed by atoms with Gasteiger partial charge in [0, 0.05) is 19.7 Å². The van der Waals surface area contributed by atoms with E-state index in [1.54, 1.807) is 20.8 Å². The molecule has 0 spiro atoms. The second-order valence-electron chi connectivity index (χ2n) is 8.43. The van der Waals surface area contributed by atoms with Gasteiger partial charge in [-0.05, 0) is 57.6 Å². The Kier molecular flexibility index (Phi) is 5.14. The third-order valence-electron chi connectivity index (χ3n) is 5.37. The number of carbonyl (C=O) groups is 2. The highest BCUT2D eigenvalue weighted by molar-refractivity contribution is 5.99. The number of likely N-dealkylation sites (N-methyl/N-ethyl adjacent to an activating group) is 1. The fourth-order valence-corrected chi connectivity index (χ4v) is 4.20. The average Bonchev–Trinajstić information content (AvgIpc) is 3.12. The van der Waals surface area contributed by atoms with E-state index in [1.165, 1.54) is 22.9 Å². The van der Waals surface area contributed by atoms with Gasteiger partial charge in [0.1, 0.15) is 23.3 Å². The highest BCUT2D eigenvalue weighted by Crippen LogP contribution is 2.43. The first kappa shape index (κ1) is 19.6. The Bertz CT molecular complexity index is 747. The molecule has 1 aromatic carbocycles. The van der Waals surface area contributed by atoms with E-state index in [2.05, 4.69) is 0 Å². The van der Waals surface area contributed by atoms with Crippen molar-refractivity contribution in [1.29, 1.82) is 0 Å². The Balaban J connectivity index is 1.87. The number of nitrogens with zero attached hydrogens (tertiary/aromatic N) is 2. The van der Waals surface area contributed by atoms with Crippen molar-refractivity contribution in [2.75, 3.05) is 18.5 Å². The maximum absolute atomic E-state index is 14.2. The standard InChI is InChI=1S/C20H26F2N2O3/c1-20(2,3)27-19(26)24-11-12-6-5-7-14(12)17(24)18(25)23(4)16-9-8-13(21)10-15(16)22/h8-10,12,14,17H,5-7,11H2,1-4H3/t12-,14-,17-/m0/s1. The van der Waals surface area contributed by atoms with Crippen molar-refractivity contribution in [2.24, 2.45) is 11.8 Å². The van der Waals surface area contributed by atoms with Gasteiger partial charge >= 0.3 is 6.09 Å². The number of hydrogen-bond donors (Lipinski definition) is 0. The Morgan fingerprint density at radius 1 is 1.22 bits per heavy atom. The zero-order valence-corrected chi connectivity index (χ0v) is 16.2. The number of likely N-dealkylation sites (tertiary alicyclic amines) is 1. The first-order chi connectivity index (χ1) is 12.6.